The number of imidazole rings is 1. The average Bonchev–Trinajstić information content (AvgIpc) is 3.28. The molecule has 5 nitrogen and oxygen atoms in total. The number of alkyl halides is 2. The molecule has 0 fully saturated rings. The van der Waals surface area contributed by atoms with Gasteiger partial charge in [-0.3, -0.25) is 0 Å². The summed E-state index contributed by atoms with van der Waals surface area (Å²) in [6.45, 7) is 11.9. The van der Waals surface area contributed by atoms with Crippen LogP contribution in [0.2, 0.25) is 0 Å². The van der Waals surface area contributed by atoms with Crippen molar-refractivity contribution in [3.8, 4) is 17.1 Å². The minimum atomic E-state index is -2.54. The lowest BCUT2D eigenvalue weighted by Gasteiger charge is -2.25. The molecule has 0 amide bonds. The van der Waals surface area contributed by atoms with Crippen molar-refractivity contribution in [2.24, 2.45) is 5.41 Å². The summed E-state index contributed by atoms with van der Waals surface area (Å²) in [6, 6.07) is 19.6. The number of rotatable bonds is 9. The monoisotopic (exact) mass is 572 g/mol. The standard InChI is InChI=1S/C33H28F4N4O/c1-20-8-13-28-29(14-20)41(19-33(2,3)32(36)37)30(39-28)16-21-9-10-22(15-25(21)34)27-6-5-7-31(40-27)42-18-23-11-12-24(38-4)17-26(23)35/h5-15,17,32H,16,18-19H2,1-3H3. The van der Waals surface area contributed by atoms with E-state index >= 15 is 4.39 Å². The molecule has 0 N–H and O–H groups in total. The zero-order chi connectivity index (χ0) is 30.0. The van der Waals surface area contributed by atoms with Crippen molar-refractivity contribution in [2.75, 3.05) is 0 Å². The molecule has 214 valence electrons. The van der Waals surface area contributed by atoms with E-state index in [0.717, 1.165) is 17.1 Å². The number of hydrogen-bond donors (Lipinski definition) is 0. The van der Waals surface area contributed by atoms with Crippen LogP contribution in [0.4, 0.5) is 23.2 Å². The fourth-order valence-corrected chi connectivity index (χ4v) is 4.62. The first-order chi connectivity index (χ1) is 20.0. The van der Waals surface area contributed by atoms with Gasteiger partial charge in [0.15, 0.2) is 5.69 Å². The predicted octanol–water partition coefficient (Wildman–Crippen LogP) is 8.70. The number of ether oxygens (including phenoxy) is 1. The fourth-order valence-electron chi connectivity index (χ4n) is 4.62. The van der Waals surface area contributed by atoms with Crippen molar-refractivity contribution in [1.82, 2.24) is 14.5 Å². The molecule has 0 aliphatic carbocycles. The number of benzene rings is 3. The van der Waals surface area contributed by atoms with Crippen molar-refractivity contribution in [2.45, 2.75) is 46.8 Å². The molecule has 3 aromatic carbocycles. The smallest absolute Gasteiger partial charge is 0.245 e. The second-order valence-corrected chi connectivity index (χ2v) is 10.9. The van der Waals surface area contributed by atoms with Crippen LogP contribution in [0.5, 0.6) is 5.88 Å². The number of fused-ring (bicyclic) bond motifs is 1. The molecule has 5 aromatic rings. The van der Waals surface area contributed by atoms with Gasteiger partial charge >= 0.3 is 0 Å². The van der Waals surface area contributed by atoms with Crippen LogP contribution in [-0.4, -0.2) is 21.0 Å². The Bertz CT molecular complexity index is 1810. The number of halogens is 4. The van der Waals surface area contributed by atoms with Crippen molar-refractivity contribution in [1.29, 1.82) is 0 Å². The lowest BCUT2D eigenvalue weighted by Crippen LogP contribution is -2.28. The van der Waals surface area contributed by atoms with Crippen molar-refractivity contribution in [3.63, 3.8) is 0 Å². The Morgan fingerprint density at radius 3 is 2.40 bits per heavy atom. The van der Waals surface area contributed by atoms with Gasteiger partial charge in [0.05, 0.1) is 23.3 Å². The van der Waals surface area contributed by atoms with E-state index in [1.807, 2.05) is 25.1 Å². The van der Waals surface area contributed by atoms with E-state index < -0.39 is 23.5 Å². The molecule has 5 rings (SSSR count). The molecule has 0 radical (unpaired) electrons. The fraction of sp³-hybridized carbons (Fsp3) is 0.242. The third kappa shape index (κ3) is 6.13. The van der Waals surface area contributed by atoms with Gasteiger partial charge in [-0.25, -0.2) is 32.4 Å². The summed E-state index contributed by atoms with van der Waals surface area (Å²) in [5.74, 6) is -0.290. The summed E-state index contributed by atoms with van der Waals surface area (Å²) in [6.07, 6.45) is -2.42. The van der Waals surface area contributed by atoms with Crippen molar-refractivity contribution < 1.29 is 22.3 Å². The van der Waals surface area contributed by atoms with Gasteiger partial charge in [0, 0.05) is 35.6 Å². The summed E-state index contributed by atoms with van der Waals surface area (Å²) < 4.78 is 64.7. The lowest BCUT2D eigenvalue weighted by molar-refractivity contribution is 0.00858. The van der Waals surface area contributed by atoms with Gasteiger partial charge in [0.1, 0.15) is 24.1 Å². The maximum atomic E-state index is 15.4. The van der Waals surface area contributed by atoms with Gasteiger partial charge in [-0.1, -0.05) is 50.2 Å². The van der Waals surface area contributed by atoms with Crippen molar-refractivity contribution >= 4 is 16.7 Å². The summed E-state index contributed by atoms with van der Waals surface area (Å²) >= 11 is 0. The second-order valence-electron chi connectivity index (χ2n) is 10.9. The van der Waals surface area contributed by atoms with Gasteiger partial charge < -0.3 is 9.30 Å². The predicted molar refractivity (Wildman–Crippen MR) is 154 cm³/mol. The van der Waals surface area contributed by atoms with E-state index in [1.54, 1.807) is 34.9 Å². The normalized spacial score (nSPS) is 11.7. The molecular weight excluding hydrogens is 544 g/mol. The van der Waals surface area contributed by atoms with Crippen LogP contribution in [0, 0.1) is 30.5 Å². The molecule has 0 saturated carbocycles. The van der Waals surface area contributed by atoms with Crippen LogP contribution in [0.15, 0.2) is 72.8 Å². The molecule has 0 aliphatic heterocycles. The summed E-state index contributed by atoms with van der Waals surface area (Å²) in [5.41, 5.74) is 2.89. The third-order valence-corrected chi connectivity index (χ3v) is 7.10. The molecule has 0 bridgehead atoms. The molecule has 0 unspecified atom stereocenters. The molecule has 0 spiro atoms. The molecular formula is C33H28F4N4O. The first kappa shape index (κ1) is 28.8. The van der Waals surface area contributed by atoms with Gasteiger partial charge in [-0.2, -0.15) is 0 Å². The highest BCUT2D eigenvalue weighted by atomic mass is 19.3. The van der Waals surface area contributed by atoms with Crippen LogP contribution in [-0.2, 0) is 19.6 Å². The van der Waals surface area contributed by atoms with Gasteiger partial charge in [-0.05, 0) is 48.4 Å². The summed E-state index contributed by atoms with van der Waals surface area (Å²) in [7, 11) is 0. The second kappa shape index (κ2) is 11.6. The minimum Gasteiger partial charge on any atom is -0.473 e. The molecule has 0 saturated heterocycles. The van der Waals surface area contributed by atoms with E-state index in [4.69, 9.17) is 11.3 Å². The van der Waals surface area contributed by atoms with Crippen LogP contribution in [0.25, 0.3) is 27.1 Å². The molecule has 0 aliphatic rings. The number of aryl methyl sites for hydroxylation is 1. The van der Waals surface area contributed by atoms with E-state index in [2.05, 4.69) is 14.8 Å². The minimum absolute atomic E-state index is 0.0317. The summed E-state index contributed by atoms with van der Waals surface area (Å²) in [5, 5.41) is 0. The molecule has 42 heavy (non-hydrogen) atoms. The Hall–Kier alpha value is -4.71. The summed E-state index contributed by atoms with van der Waals surface area (Å²) in [4.78, 5) is 12.3. The Morgan fingerprint density at radius 1 is 0.929 bits per heavy atom. The van der Waals surface area contributed by atoms with Crippen LogP contribution in [0.3, 0.4) is 0 Å². The number of nitrogens with zero attached hydrogens (tertiary/aromatic N) is 4. The van der Waals surface area contributed by atoms with Gasteiger partial charge in [-0.15, -0.1) is 0 Å². The third-order valence-electron chi connectivity index (χ3n) is 7.10. The quantitative estimate of drug-likeness (QED) is 0.131. The first-order valence-corrected chi connectivity index (χ1v) is 13.3. The number of pyridine rings is 1. The SMILES string of the molecule is [C-]#[N+]c1ccc(COc2cccc(-c3ccc(Cc4nc5ccc(C)cc5n4CC(C)(C)C(F)F)c(F)c3)n2)c(F)c1. The van der Waals surface area contributed by atoms with Crippen molar-refractivity contribution in [3.05, 3.63) is 118 Å². The Balaban J connectivity index is 1.38. The Kier molecular flexibility index (Phi) is 7.99. The molecule has 2 aromatic heterocycles. The first-order valence-electron chi connectivity index (χ1n) is 13.3. The number of hydrogen-bond acceptors (Lipinski definition) is 3. The zero-order valence-electron chi connectivity index (χ0n) is 23.3. The lowest BCUT2D eigenvalue weighted by atomic mass is 9.94. The van der Waals surface area contributed by atoms with Gasteiger partial charge in [0.25, 0.3) is 0 Å². The average molecular weight is 573 g/mol. The Labute approximate surface area is 241 Å². The van der Waals surface area contributed by atoms with Crippen LogP contribution in [0.1, 0.15) is 36.4 Å². The Morgan fingerprint density at radius 2 is 1.69 bits per heavy atom. The number of aromatic nitrogens is 3. The topological polar surface area (TPSA) is 44.3 Å². The van der Waals surface area contributed by atoms with E-state index in [9.17, 15) is 13.2 Å². The van der Waals surface area contributed by atoms with E-state index in [0.29, 0.717) is 28.2 Å². The highest BCUT2D eigenvalue weighted by Crippen LogP contribution is 2.31. The van der Waals surface area contributed by atoms with E-state index in [-0.39, 0.29) is 36.7 Å². The molecule has 2 heterocycles. The zero-order valence-corrected chi connectivity index (χ0v) is 23.3. The molecule has 0 atom stereocenters. The largest absolute Gasteiger partial charge is 0.473 e. The highest BCUT2D eigenvalue weighted by Gasteiger charge is 2.31. The maximum Gasteiger partial charge on any atom is 0.245 e. The highest BCUT2D eigenvalue weighted by molar-refractivity contribution is 5.77. The molecule has 9 heteroatoms. The maximum absolute atomic E-state index is 15.4. The van der Waals surface area contributed by atoms with Crippen LogP contribution < -0.4 is 4.74 Å². The van der Waals surface area contributed by atoms with Gasteiger partial charge in [0.2, 0.25) is 12.3 Å². The van der Waals surface area contributed by atoms with Crippen LogP contribution >= 0.6 is 0 Å². The van der Waals surface area contributed by atoms with E-state index in [1.165, 1.54) is 32.0 Å².